The van der Waals surface area contributed by atoms with Gasteiger partial charge in [-0.1, -0.05) is 48.4 Å². The number of alkyl halides is 2. The zero-order chi connectivity index (χ0) is 25.7. The van der Waals surface area contributed by atoms with E-state index >= 15 is 0 Å². The van der Waals surface area contributed by atoms with Crippen molar-refractivity contribution in [2.45, 2.75) is 64.4 Å². The second-order valence-corrected chi connectivity index (χ2v) is 10.5. The van der Waals surface area contributed by atoms with Crippen LogP contribution < -0.4 is 5.01 Å². The third kappa shape index (κ3) is 6.42. The second kappa shape index (κ2) is 11.4. The minimum absolute atomic E-state index is 0.0250. The summed E-state index contributed by atoms with van der Waals surface area (Å²) in [5.74, 6) is -2.55. The number of nitroso groups, excluding NO2 is 1. The molecule has 0 N–H and O–H groups in total. The van der Waals surface area contributed by atoms with E-state index in [4.69, 9.17) is 4.74 Å². The number of anilines is 1. The lowest BCUT2D eigenvalue weighted by atomic mass is 9.70. The predicted molar refractivity (Wildman–Crippen MR) is 140 cm³/mol. The molecule has 0 aromatic heterocycles. The molecular formula is C29H37F2N3O2. The van der Waals surface area contributed by atoms with Crippen molar-refractivity contribution in [3.05, 3.63) is 82.6 Å². The molecule has 1 atom stereocenters. The number of ether oxygens (including phenoxy) is 1. The Labute approximate surface area is 213 Å². The highest BCUT2D eigenvalue weighted by Gasteiger charge is 2.43. The van der Waals surface area contributed by atoms with Gasteiger partial charge in [0.1, 0.15) is 6.61 Å². The Hall–Kier alpha value is -2.96. The summed E-state index contributed by atoms with van der Waals surface area (Å²) in [4.78, 5) is 13.8. The summed E-state index contributed by atoms with van der Waals surface area (Å²) in [5.41, 5.74) is 3.61. The second-order valence-electron chi connectivity index (χ2n) is 10.5. The third-order valence-corrected chi connectivity index (χ3v) is 7.74. The van der Waals surface area contributed by atoms with Crippen molar-refractivity contribution in [2.24, 2.45) is 17.1 Å². The van der Waals surface area contributed by atoms with Crippen LogP contribution in [0.1, 0.15) is 61.6 Å². The van der Waals surface area contributed by atoms with Crippen molar-refractivity contribution in [2.75, 3.05) is 24.6 Å². The lowest BCUT2D eigenvalue weighted by Crippen LogP contribution is -2.37. The molecule has 7 heteroatoms. The molecule has 2 aromatic rings. The molecule has 36 heavy (non-hydrogen) atoms. The fraction of sp³-hybridized carbons (Fsp3) is 0.517. The van der Waals surface area contributed by atoms with Crippen LogP contribution in [0.4, 0.5) is 14.5 Å². The van der Waals surface area contributed by atoms with Crippen LogP contribution in [0.15, 0.2) is 66.3 Å². The van der Waals surface area contributed by atoms with Crippen LogP contribution in [-0.4, -0.2) is 30.5 Å². The minimum Gasteiger partial charge on any atom is -0.475 e. The molecule has 2 aromatic carbocycles. The van der Waals surface area contributed by atoms with E-state index in [0.717, 1.165) is 57.7 Å². The quantitative estimate of drug-likeness (QED) is 0.184. The molecule has 194 valence electrons. The van der Waals surface area contributed by atoms with Crippen LogP contribution in [0.2, 0.25) is 0 Å². The van der Waals surface area contributed by atoms with Gasteiger partial charge in [0.2, 0.25) is 0 Å². The maximum Gasteiger partial charge on any atom is 0.252 e. The zero-order valence-corrected chi connectivity index (χ0v) is 21.3. The number of hydrogen-bond donors (Lipinski definition) is 0. The van der Waals surface area contributed by atoms with Gasteiger partial charge in [-0.3, -0.25) is 0 Å². The number of aryl methyl sites for hydroxylation is 1. The monoisotopic (exact) mass is 497 g/mol. The Kier molecular flexibility index (Phi) is 8.27. The normalized spacial score (nSPS) is 17.8. The molecule has 2 fully saturated rings. The van der Waals surface area contributed by atoms with Crippen LogP contribution in [0.3, 0.4) is 0 Å². The van der Waals surface area contributed by atoms with Crippen LogP contribution in [0, 0.1) is 23.7 Å². The zero-order valence-electron chi connectivity index (χ0n) is 21.3. The van der Waals surface area contributed by atoms with E-state index in [2.05, 4.69) is 48.0 Å². The molecule has 0 bridgehead atoms. The Balaban J connectivity index is 1.28. The SMILES string of the molecule is C=C(OCc1ccc(C)cc1)N1CCC(CN(N=O)c2ccc(C(C3CCC3)C(C)(F)F)cc2)CC1. The number of benzene rings is 2. The number of likely N-dealkylation sites (tertiary alicyclic amines) is 1. The summed E-state index contributed by atoms with van der Waals surface area (Å²) in [6, 6.07) is 15.2. The standard InChI is InChI=1S/C29H37F2N3O2/c1-21-7-9-24(10-8-21)20-36-22(2)33-17-15-23(16-18-33)19-34(32-35)27-13-11-26(12-14-27)28(29(3,30)31)25-5-4-6-25/h7-14,23,25,28H,2,4-6,15-20H2,1,3H3. The van der Waals surface area contributed by atoms with Crippen molar-refractivity contribution in [3.63, 3.8) is 0 Å². The average Bonchev–Trinajstić information content (AvgIpc) is 2.84. The van der Waals surface area contributed by atoms with Gasteiger partial charge in [0.15, 0.2) is 5.88 Å². The smallest absolute Gasteiger partial charge is 0.252 e. The molecule has 1 heterocycles. The van der Waals surface area contributed by atoms with Crippen molar-refractivity contribution in [1.29, 1.82) is 0 Å². The first kappa shape index (κ1) is 26.1. The summed E-state index contributed by atoms with van der Waals surface area (Å²) < 4.78 is 34.5. The average molecular weight is 498 g/mol. The Morgan fingerprint density at radius 1 is 1.11 bits per heavy atom. The van der Waals surface area contributed by atoms with Crippen LogP contribution in [-0.2, 0) is 11.3 Å². The molecule has 1 aliphatic heterocycles. The molecule has 4 rings (SSSR count). The van der Waals surface area contributed by atoms with E-state index < -0.39 is 11.8 Å². The van der Waals surface area contributed by atoms with Gasteiger partial charge in [0, 0.05) is 19.6 Å². The maximum absolute atomic E-state index is 14.3. The van der Waals surface area contributed by atoms with Crippen molar-refractivity contribution in [3.8, 4) is 0 Å². The lowest BCUT2D eigenvalue weighted by Gasteiger charge is -2.37. The summed E-state index contributed by atoms with van der Waals surface area (Å²) in [7, 11) is 0. The number of hydrogen-bond acceptors (Lipinski definition) is 4. The van der Waals surface area contributed by atoms with Gasteiger partial charge in [-0.2, -0.15) is 0 Å². The van der Waals surface area contributed by atoms with Gasteiger partial charge >= 0.3 is 0 Å². The maximum atomic E-state index is 14.3. The summed E-state index contributed by atoms with van der Waals surface area (Å²) in [6.07, 6.45) is 4.49. The fourth-order valence-electron chi connectivity index (χ4n) is 5.34. The molecule has 0 amide bonds. The molecule has 2 aliphatic rings. The summed E-state index contributed by atoms with van der Waals surface area (Å²) >= 11 is 0. The van der Waals surface area contributed by atoms with Crippen LogP contribution in [0.25, 0.3) is 0 Å². The van der Waals surface area contributed by atoms with Gasteiger partial charge in [-0.15, -0.1) is 4.91 Å². The van der Waals surface area contributed by atoms with E-state index in [0.29, 0.717) is 36.2 Å². The number of rotatable bonds is 11. The number of nitrogens with zero attached hydrogens (tertiary/aromatic N) is 3. The highest BCUT2D eigenvalue weighted by Crippen LogP contribution is 2.47. The molecule has 1 saturated carbocycles. The van der Waals surface area contributed by atoms with Crippen molar-refractivity contribution < 1.29 is 13.5 Å². The topological polar surface area (TPSA) is 45.1 Å². The molecule has 1 saturated heterocycles. The van der Waals surface area contributed by atoms with Gasteiger partial charge < -0.3 is 9.64 Å². The number of halogens is 2. The Morgan fingerprint density at radius 3 is 2.28 bits per heavy atom. The molecule has 1 unspecified atom stereocenters. The first-order valence-corrected chi connectivity index (χ1v) is 13.0. The van der Waals surface area contributed by atoms with Crippen molar-refractivity contribution in [1.82, 2.24) is 4.90 Å². The van der Waals surface area contributed by atoms with Crippen LogP contribution in [0.5, 0.6) is 0 Å². The van der Waals surface area contributed by atoms with E-state index in [-0.39, 0.29) is 5.92 Å². The van der Waals surface area contributed by atoms with E-state index in [9.17, 15) is 13.7 Å². The fourth-order valence-corrected chi connectivity index (χ4v) is 5.34. The van der Waals surface area contributed by atoms with Crippen molar-refractivity contribution >= 4 is 5.69 Å². The van der Waals surface area contributed by atoms with Crippen LogP contribution >= 0.6 is 0 Å². The van der Waals surface area contributed by atoms with E-state index in [1.165, 1.54) is 10.6 Å². The molecule has 0 spiro atoms. The summed E-state index contributed by atoms with van der Waals surface area (Å²) in [6.45, 7) is 9.76. The molecule has 0 radical (unpaired) electrons. The van der Waals surface area contributed by atoms with E-state index in [1.807, 2.05) is 0 Å². The molecule has 1 aliphatic carbocycles. The molecule has 5 nitrogen and oxygen atoms in total. The first-order valence-electron chi connectivity index (χ1n) is 13.0. The Morgan fingerprint density at radius 2 is 1.75 bits per heavy atom. The van der Waals surface area contributed by atoms with Gasteiger partial charge in [-0.25, -0.2) is 13.8 Å². The first-order chi connectivity index (χ1) is 17.2. The largest absolute Gasteiger partial charge is 0.475 e. The number of piperidine rings is 1. The lowest BCUT2D eigenvalue weighted by molar-refractivity contribution is -0.0407. The summed E-state index contributed by atoms with van der Waals surface area (Å²) in [5, 5.41) is 4.69. The van der Waals surface area contributed by atoms with Gasteiger partial charge in [0.05, 0.1) is 16.9 Å². The highest BCUT2D eigenvalue weighted by molar-refractivity contribution is 5.47. The predicted octanol–water partition coefficient (Wildman–Crippen LogP) is 7.42. The third-order valence-electron chi connectivity index (χ3n) is 7.74. The van der Waals surface area contributed by atoms with Gasteiger partial charge in [-0.05, 0) is 81.2 Å². The van der Waals surface area contributed by atoms with Gasteiger partial charge in [0.25, 0.3) is 5.92 Å². The highest BCUT2D eigenvalue weighted by atomic mass is 19.3. The Bertz CT molecular complexity index is 1010. The van der Waals surface area contributed by atoms with E-state index in [1.54, 1.807) is 24.3 Å². The minimum atomic E-state index is -2.77. The molecular weight excluding hydrogens is 460 g/mol.